The Balaban J connectivity index is 2.51. The standard InChI is InChI=1S/C13H27NO2/c1-12(2)6-7-13(3,4)11(12)16-9-10(14)8-15-5/h10-11H,6-9,14H2,1-5H3. The van der Waals surface area contributed by atoms with Gasteiger partial charge in [0, 0.05) is 7.11 Å². The molecule has 96 valence electrons. The van der Waals surface area contributed by atoms with Crippen LogP contribution in [0.2, 0.25) is 0 Å². The fourth-order valence-electron chi connectivity index (χ4n) is 2.90. The van der Waals surface area contributed by atoms with Crippen molar-refractivity contribution in [3.8, 4) is 0 Å². The van der Waals surface area contributed by atoms with Crippen molar-refractivity contribution in [2.45, 2.75) is 52.7 Å². The molecule has 3 nitrogen and oxygen atoms in total. The Kier molecular flexibility index (Phi) is 4.38. The summed E-state index contributed by atoms with van der Waals surface area (Å²) >= 11 is 0. The highest BCUT2D eigenvalue weighted by molar-refractivity contribution is 4.97. The van der Waals surface area contributed by atoms with Crippen LogP contribution in [0.5, 0.6) is 0 Å². The third-order valence-electron chi connectivity index (χ3n) is 3.69. The normalized spacial score (nSPS) is 25.9. The Hall–Kier alpha value is -0.120. The van der Waals surface area contributed by atoms with Crippen molar-refractivity contribution in [3.05, 3.63) is 0 Å². The number of ether oxygens (including phenoxy) is 2. The molecule has 3 heteroatoms. The van der Waals surface area contributed by atoms with E-state index in [0.717, 1.165) is 0 Å². The summed E-state index contributed by atoms with van der Waals surface area (Å²) in [7, 11) is 1.67. The predicted octanol–water partition coefficient (Wildman–Crippen LogP) is 2.19. The van der Waals surface area contributed by atoms with E-state index in [1.165, 1.54) is 12.8 Å². The fraction of sp³-hybridized carbons (Fsp3) is 1.00. The smallest absolute Gasteiger partial charge is 0.0677 e. The SMILES string of the molecule is COCC(N)COC1C(C)(C)CCC1(C)C. The number of hydrogen-bond acceptors (Lipinski definition) is 3. The molecule has 1 fully saturated rings. The molecule has 1 atom stereocenters. The minimum absolute atomic E-state index is 0.0165. The quantitative estimate of drug-likeness (QED) is 0.786. The van der Waals surface area contributed by atoms with E-state index < -0.39 is 0 Å². The topological polar surface area (TPSA) is 44.5 Å². The van der Waals surface area contributed by atoms with Gasteiger partial charge in [0.15, 0.2) is 0 Å². The molecular weight excluding hydrogens is 202 g/mol. The van der Waals surface area contributed by atoms with Gasteiger partial charge in [0.2, 0.25) is 0 Å². The van der Waals surface area contributed by atoms with Gasteiger partial charge in [-0.05, 0) is 23.7 Å². The fourth-order valence-corrected chi connectivity index (χ4v) is 2.90. The third kappa shape index (κ3) is 3.19. The van der Waals surface area contributed by atoms with Gasteiger partial charge < -0.3 is 15.2 Å². The van der Waals surface area contributed by atoms with E-state index in [9.17, 15) is 0 Å². The Morgan fingerprint density at radius 3 is 2.06 bits per heavy atom. The van der Waals surface area contributed by atoms with E-state index in [0.29, 0.717) is 19.3 Å². The molecule has 16 heavy (non-hydrogen) atoms. The van der Waals surface area contributed by atoms with E-state index in [1.54, 1.807) is 7.11 Å². The van der Waals surface area contributed by atoms with Crippen LogP contribution in [0.25, 0.3) is 0 Å². The summed E-state index contributed by atoms with van der Waals surface area (Å²) in [5, 5.41) is 0. The van der Waals surface area contributed by atoms with Crippen molar-refractivity contribution < 1.29 is 9.47 Å². The molecule has 2 N–H and O–H groups in total. The zero-order valence-corrected chi connectivity index (χ0v) is 11.4. The zero-order valence-electron chi connectivity index (χ0n) is 11.4. The lowest BCUT2D eigenvalue weighted by Crippen LogP contribution is -2.41. The van der Waals surface area contributed by atoms with Crippen LogP contribution in [-0.4, -0.2) is 32.5 Å². The molecule has 1 aliphatic rings. The van der Waals surface area contributed by atoms with E-state index in [2.05, 4.69) is 27.7 Å². The molecule has 0 aromatic rings. The van der Waals surface area contributed by atoms with E-state index in [1.807, 2.05) is 0 Å². The molecule has 1 saturated carbocycles. The number of rotatable bonds is 5. The molecule has 1 rings (SSSR count). The number of methoxy groups -OCH3 is 1. The minimum Gasteiger partial charge on any atom is -0.383 e. The molecule has 1 unspecified atom stereocenters. The van der Waals surface area contributed by atoms with Crippen LogP contribution in [0.3, 0.4) is 0 Å². The highest BCUT2D eigenvalue weighted by Crippen LogP contribution is 2.50. The van der Waals surface area contributed by atoms with E-state index >= 15 is 0 Å². The van der Waals surface area contributed by atoms with Gasteiger partial charge in [0.05, 0.1) is 25.4 Å². The maximum Gasteiger partial charge on any atom is 0.0677 e. The lowest BCUT2D eigenvalue weighted by atomic mass is 9.81. The lowest BCUT2D eigenvalue weighted by molar-refractivity contribution is -0.0671. The van der Waals surface area contributed by atoms with Gasteiger partial charge in [-0.25, -0.2) is 0 Å². The van der Waals surface area contributed by atoms with E-state index in [-0.39, 0.29) is 16.9 Å². The van der Waals surface area contributed by atoms with Gasteiger partial charge in [0.1, 0.15) is 0 Å². The van der Waals surface area contributed by atoms with Crippen LogP contribution in [0.15, 0.2) is 0 Å². The van der Waals surface area contributed by atoms with Gasteiger partial charge in [-0.2, -0.15) is 0 Å². The van der Waals surface area contributed by atoms with Gasteiger partial charge in [-0.15, -0.1) is 0 Å². The van der Waals surface area contributed by atoms with Crippen LogP contribution >= 0.6 is 0 Å². The molecule has 0 heterocycles. The van der Waals surface area contributed by atoms with Crippen molar-refractivity contribution in [1.82, 2.24) is 0 Å². The van der Waals surface area contributed by atoms with Crippen molar-refractivity contribution in [2.75, 3.05) is 20.3 Å². The Bertz CT molecular complexity index is 210. The average Bonchev–Trinajstić information content (AvgIpc) is 2.35. The Labute approximate surface area is 99.7 Å². The highest BCUT2D eigenvalue weighted by atomic mass is 16.5. The van der Waals surface area contributed by atoms with Crippen molar-refractivity contribution >= 4 is 0 Å². The average molecular weight is 229 g/mol. The molecule has 0 aromatic heterocycles. The van der Waals surface area contributed by atoms with Crippen LogP contribution in [0.1, 0.15) is 40.5 Å². The molecule has 0 radical (unpaired) electrons. The van der Waals surface area contributed by atoms with Crippen molar-refractivity contribution in [2.24, 2.45) is 16.6 Å². The first-order valence-electron chi connectivity index (χ1n) is 6.16. The second-order valence-corrected chi connectivity index (χ2v) is 6.41. The van der Waals surface area contributed by atoms with Crippen LogP contribution < -0.4 is 5.73 Å². The Morgan fingerprint density at radius 2 is 1.62 bits per heavy atom. The number of nitrogens with two attached hydrogens (primary N) is 1. The van der Waals surface area contributed by atoms with E-state index in [4.69, 9.17) is 15.2 Å². The molecular formula is C13H27NO2. The first kappa shape index (κ1) is 13.9. The summed E-state index contributed by atoms with van der Waals surface area (Å²) in [6, 6.07) is -0.0165. The van der Waals surface area contributed by atoms with Gasteiger partial charge >= 0.3 is 0 Å². The van der Waals surface area contributed by atoms with Gasteiger partial charge in [0.25, 0.3) is 0 Å². The van der Waals surface area contributed by atoms with Gasteiger partial charge in [-0.3, -0.25) is 0 Å². The largest absolute Gasteiger partial charge is 0.383 e. The molecule has 0 saturated heterocycles. The van der Waals surface area contributed by atoms with Crippen molar-refractivity contribution in [3.63, 3.8) is 0 Å². The maximum atomic E-state index is 6.04. The summed E-state index contributed by atoms with van der Waals surface area (Å²) in [6.45, 7) is 10.3. The highest BCUT2D eigenvalue weighted by Gasteiger charge is 2.47. The van der Waals surface area contributed by atoms with Crippen LogP contribution in [-0.2, 0) is 9.47 Å². The molecule has 0 aromatic carbocycles. The predicted molar refractivity (Wildman–Crippen MR) is 66.4 cm³/mol. The first-order valence-corrected chi connectivity index (χ1v) is 6.16. The number of hydrogen-bond donors (Lipinski definition) is 1. The molecule has 0 aliphatic heterocycles. The third-order valence-corrected chi connectivity index (χ3v) is 3.69. The molecule has 1 aliphatic carbocycles. The zero-order chi connectivity index (χ0) is 12.4. The minimum atomic E-state index is -0.0165. The molecule has 0 spiro atoms. The summed E-state index contributed by atoms with van der Waals surface area (Å²) in [5.41, 5.74) is 6.41. The van der Waals surface area contributed by atoms with Gasteiger partial charge in [-0.1, -0.05) is 27.7 Å². The summed E-state index contributed by atoms with van der Waals surface area (Å²) in [4.78, 5) is 0. The Morgan fingerprint density at radius 1 is 1.12 bits per heavy atom. The summed E-state index contributed by atoms with van der Waals surface area (Å²) in [5.74, 6) is 0. The van der Waals surface area contributed by atoms with Crippen LogP contribution in [0, 0.1) is 10.8 Å². The van der Waals surface area contributed by atoms with Crippen molar-refractivity contribution in [1.29, 1.82) is 0 Å². The van der Waals surface area contributed by atoms with Crippen LogP contribution in [0.4, 0.5) is 0 Å². The molecule has 0 amide bonds. The first-order chi connectivity index (χ1) is 7.29. The monoisotopic (exact) mass is 229 g/mol. The second kappa shape index (κ2) is 5.03. The maximum absolute atomic E-state index is 6.04. The summed E-state index contributed by atoms with van der Waals surface area (Å²) in [6.07, 6.45) is 2.75. The second-order valence-electron chi connectivity index (χ2n) is 6.41. The molecule has 0 bridgehead atoms. The summed E-state index contributed by atoms with van der Waals surface area (Å²) < 4.78 is 11.1. The lowest BCUT2D eigenvalue weighted by Gasteiger charge is -2.35.